The Kier molecular flexibility index (Phi) is 17.4. The van der Waals surface area contributed by atoms with Crippen molar-refractivity contribution in [3.63, 3.8) is 0 Å². The summed E-state index contributed by atoms with van der Waals surface area (Å²) in [7, 11) is 0. The highest BCUT2D eigenvalue weighted by atomic mass is 35.5. The van der Waals surface area contributed by atoms with Crippen LogP contribution in [0.4, 0.5) is 28.9 Å². The Morgan fingerprint density at radius 1 is 1.06 bits per heavy atom. The molecule has 3 N–H and O–H groups in total. The average Bonchev–Trinajstić information content (AvgIpc) is 3.97. The van der Waals surface area contributed by atoms with Crippen LogP contribution in [0, 0.1) is 29.5 Å². The SMILES string of the molecule is Cc1ncsc1-c1ccc(CNC(=O)[C@@H]2C[C@@H](O)CN2C(=O)[C@@H](NC(=O)COCCOCCCCOc2ncc(N3C(=S)N(c4ccc(C#N)c(C(F)(F)F)c4F)C(=O)C3(C)C)cc2Cl)C(C)(C)C)cc1. The smallest absolute Gasteiger partial charge is 0.420 e. The van der Waals surface area contributed by atoms with E-state index in [9.17, 15) is 37.5 Å². The number of rotatable bonds is 19. The number of halogens is 5. The van der Waals surface area contributed by atoms with Crippen LogP contribution >= 0.6 is 35.2 Å². The van der Waals surface area contributed by atoms with E-state index in [0.717, 1.165) is 33.8 Å². The number of carbonyl (C=O) groups excluding carboxylic acids is 4. The lowest BCUT2D eigenvalue weighted by atomic mass is 9.85. The molecule has 4 aromatic rings. The van der Waals surface area contributed by atoms with E-state index in [-0.39, 0.29) is 67.6 Å². The monoisotopic (exact) mass is 1040 g/mol. The van der Waals surface area contributed by atoms with Gasteiger partial charge < -0.3 is 39.8 Å². The van der Waals surface area contributed by atoms with Gasteiger partial charge in [-0.1, -0.05) is 56.6 Å². The van der Waals surface area contributed by atoms with Crippen LogP contribution in [0.15, 0.2) is 54.2 Å². The Hall–Kier alpha value is -5.83. The molecule has 6 rings (SSSR count). The van der Waals surface area contributed by atoms with E-state index >= 15 is 4.39 Å². The van der Waals surface area contributed by atoms with Crippen molar-refractivity contribution in [3.8, 4) is 22.4 Å². The molecule has 3 atom stereocenters. The van der Waals surface area contributed by atoms with Crippen molar-refractivity contribution in [2.75, 3.05) is 49.4 Å². The molecule has 4 amide bonds. The third kappa shape index (κ3) is 12.6. The number of nitrogens with one attached hydrogen (secondary N) is 2. The van der Waals surface area contributed by atoms with Gasteiger partial charge in [0.25, 0.3) is 5.91 Å². The number of nitriles is 1. The number of thiazole rings is 1. The zero-order valence-electron chi connectivity index (χ0n) is 39.7. The summed E-state index contributed by atoms with van der Waals surface area (Å²) in [6.45, 7) is 10.8. The molecule has 0 bridgehead atoms. The fraction of sp³-hybridized carbons (Fsp3) is 0.458. The molecule has 71 heavy (non-hydrogen) atoms. The second-order valence-electron chi connectivity index (χ2n) is 18.4. The number of hydrogen-bond donors (Lipinski definition) is 3. The van der Waals surface area contributed by atoms with Crippen LogP contribution in [0.2, 0.25) is 5.02 Å². The number of aryl methyl sites for hydroxylation is 1. The van der Waals surface area contributed by atoms with Gasteiger partial charge in [0.05, 0.1) is 71.2 Å². The summed E-state index contributed by atoms with van der Waals surface area (Å²) in [6, 6.07) is 10.2. The highest BCUT2D eigenvalue weighted by molar-refractivity contribution is 7.81. The minimum absolute atomic E-state index is 0.0325. The highest BCUT2D eigenvalue weighted by Crippen LogP contribution is 2.43. The van der Waals surface area contributed by atoms with Crippen molar-refractivity contribution in [1.82, 2.24) is 25.5 Å². The van der Waals surface area contributed by atoms with Gasteiger partial charge in [-0.3, -0.25) is 24.1 Å². The number of amides is 4. The topological polar surface area (TPSA) is 200 Å². The zero-order valence-corrected chi connectivity index (χ0v) is 42.1. The predicted molar refractivity (Wildman–Crippen MR) is 260 cm³/mol. The van der Waals surface area contributed by atoms with E-state index in [1.54, 1.807) is 37.6 Å². The Morgan fingerprint density at radius 2 is 1.75 bits per heavy atom. The van der Waals surface area contributed by atoms with E-state index in [1.165, 1.54) is 42.0 Å². The van der Waals surface area contributed by atoms with E-state index in [2.05, 4.69) is 20.6 Å². The maximum absolute atomic E-state index is 15.4. The maximum Gasteiger partial charge on any atom is 0.420 e. The first-order valence-corrected chi connectivity index (χ1v) is 24.1. The third-order valence-electron chi connectivity index (χ3n) is 11.7. The van der Waals surface area contributed by atoms with Crippen LogP contribution in [-0.4, -0.2) is 112 Å². The lowest BCUT2D eigenvalue weighted by molar-refractivity contribution is -0.144. The fourth-order valence-corrected chi connectivity index (χ4v) is 9.58. The molecule has 0 spiro atoms. The van der Waals surface area contributed by atoms with Gasteiger partial charge in [0.1, 0.15) is 34.8 Å². The van der Waals surface area contributed by atoms with Gasteiger partial charge in [0, 0.05) is 26.1 Å². The molecule has 16 nitrogen and oxygen atoms in total. The molecule has 0 saturated carbocycles. The number of β-amino-alcohol motifs (C(OH)–C–C–N with tert-alkyl or cyclic N) is 1. The number of likely N-dealkylation sites (tertiary alicyclic amines) is 1. The molecule has 2 aromatic carbocycles. The standard InChI is InChI=1S/C48H53ClF4N8O8S2/c1-27-39(71-26-57-27)29-11-9-28(10-12-29)22-55-41(64)35-20-32(62)24-59(35)43(65)40(46(2,3)4)58-36(63)25-68-18-17-67-15-7-8-16-69-42-33(49)19-31(23-56-42)61-45(70)60(44(66)47(61,5)6)34-14-13-30(21-54)37(38(34)50)48(51,52)53/h9-14,19,23,26,32,35,40,62H,7-8,15-18,20,22,24-25H2,1-6H3,(H,55,64)(H,58,63)/t32-,35+,40-/m1/s1. The lowest BCUT2D eigenvalue weighted by Crippen LogP contribution is -2.58. The number of aliphatic hydroxyl groups is 1. The number of benzene rings is 2. The van der Waals surface area contributed by atoms with Crippen molar-refractivity contribution in [3.05, 3.63) is 87.4 Å². The zero-order chi connectivity index (χ0) is 52.0. The van der Waals surface area contributed by atoms with Crippen LogP contribution in [-0.2, 0) is 41.4 Å². The van der Waals surface area contributed by atoms with E-state index in [1.807, 2.05) is 31.2 Å². The van der Waals surface area contributed by atoms with Gasteiger partial charge in [-0.2, -0.15) is 18.4 Å². The Bertz CT molecular complexity index is 2680. The molecule has 0 aliphatic carbocycles. The van der Waals surface area contributed by atoms with Gasteiger partial charge in [-0.05, 0) is 80.6 Å². The largest absolute Gasteiger partial charge is 0.477 e. The number of alkyl halides is 3. The number of aromatic nitrogens is 2. The summed E-state index contributed by atoms with van der Waals surface area (Å²) in [5.41, 5.74) is -0.997. The molecule has 380 valence electrons. The molecule has 2 fully saturated rings. The summed E-state index contributed by atoms with van der Waals surface area (Å²) >= 11 is 13.5. The van der Waals surface area contributed by atoms with Crippen molar-refractivity contribution < 1.29 is 56.1 Å². The minimum atomic E-state index is -5.22. The predicted octanol–water partition coefficient (Wildman–Crippen LogP) is 7.11. The molecular formula is C48H53ClF4N8O8S2. The molecule has 0 unspecified atom stereocenters. The number of aliphatic hydroxyl groups excluding tert-OH is 1. The first kappa shape index (κ1) is 54.5. The lowest BCUT2D eigenvalue weighted by Gasteiger charge is -2.35. The second kappa shape index (κ2) is 22.7. The number of nitrogens with zero attached hydrogens (tertiary/aromatic N) is 6. The van der Waals surface area contributed by atoms with Gasteiger partial charge in [0.15, 0.2) is 10.9 Å². The normalized spacial score (nSPS) is 17.4. The molecule has 2 aliphatic rings. The van der Waals surface area contributed by atoms with Gasteiger partial charge >= 0.3 is 6.18 Å². The summed E-state index contributed by atoms with van der Waals surface area (Å²) in [4.78, 5) is 66.8. The van der Waals surface area contributed by atoms with E-state index < -0.39 is 81.6 Å². The molecular weight excluding hydrogens is 992 g/mol. The average molecular weight is 1050 g/mol. The van der Waals surface area contributed by atoms with Crippen LogP contribution in [0.3, 0.4) is 0 Å². The van der Waals surface area contributed by atoms with Gasteiger partial charge in [0.2, 0.25) is 23.6 Å². The van der Waals surface area contributed by atoms with Crippen molar-refractivity contribution in [2.24, 2.45) is 5.41 Å². The van der Waals surface area contributed by atoms with E-state index in [4.69, 9.17) is 43.3 Å². The van der Waals surface area contributed by atoms with Crippen molar-refractivity contribution >= 4 is 75.3 Å². The first-order chi connectivity index (χ1) is 33.4. The van der Waals surface area contributed by atoms with Crippen molar-refractivity contribution in [2.45, 2.75) is 97.3 Å². The fourth-order valence-electron chi connectivity index (χ4n) is 8.04. The number of pyridine rings is 1. The molecule has 2 aliphatic heterocycles. The number of ether oxygens (including phenoxy) is 3. The number of thiocarbonyl (C=S) groups is 1. The Morgan fingerprint density at radius 3 is 2.38 bits per heavy atom. The third-order valence-corrected chi connectivity index (χ3v) is 13.3. The first-order valence-electron chi connectivity index (χ1n) is 22.4. The molecule has 4 heterocycles. The van der Waals surface area contributed by atoms with Crippen LogP contribution in [0.1, 0.15) is 76.3 Å². The summed E-state index contributed by atoms with van der Waals surface area (Å²) < 4.78 is 73.5. The summed E-state index contributed by atoms with van der Waals surface area (Å²) in [6.07, 6.45) is -3.70. The number of carbonyl (C=O) groups is 4. The number of unbranched alkanes of at least 4 members (excludes halogenated alkanes) is 1. The van der Waals surface area contributed by atoms with Crippen LogP contribution in [0.25, 0.3) is 10.4 Å². The second-order valence-corrected chi connectivity index (χ2v) is 20.0. The molecule has 2 aromatic heterocycles. The summed E-state index contributed by atoms with van der Waals surface area (Å²) in [5, 5.41) is 25.0. The minimum Gasteiger partial charge on any atom is -0.477 e. The quantitative estimate of drug-likeness (QED) is 0.0488. The molecule has 23 heteroatoms. The van der Waals surface area contributed by atoms with Crippen LogP contribution < -0.4 is 25.2 Å². The maximum atomic E-state index is 15.4. The van der Waals surface area contributed by atoms with E-state index in [0.29, 0.717) is 24.3 Å². The Labute approximate surface area is 422 Å². The number of anilines is 2. The molecule has 0 radical (unpaired) electrons. The number of hydrogen-bond acceptors (Lipinski definition) is 13. The Balaban J connectivity index is 0.904. The molecule has 2 saturated heterocycles. The van der Waals surface area contributed by atoms with Gasteiger partial charge in [-0.15, -0.1) is 11.3 Å². The van der Waals surface area contributed by atoms with Crippen molar-refractivity contribution in [1.29, 1.82) is 5.26 Å². The summed E-state index contributed by atoms with van der Waals surface area (Å²) in [5.74, 6) is -4.04. The van der Waals surface area contributed by atoms with Gasteiger partial charge in [-0.25, -0.2) is 14.4 Å². The highest BCUT2D eigenvalue weighted by Gasteiger charge is 2.52. The van der Waals surface area contributed by atoms with Crippen LogP contribution in [0.5, 0.6) is 5.88 Å².